The molecule has 2 amide bonds. The second kappa shape index (κ2) is 11.1. The quantitative estimate of drug-likeness (QED) is 0.700. The standard InChI is InChI=1S/C25H38N4O3/c1-20-4-2-5-23(18-20)28-12-8-22(9-13-28)26-25(31)21-6-7-24(30)29(19-21)11-3-10-27-14-16-32-17-15-27/h2,4-5,18,21-22H,3,6-17,19H2,1H3,(H,26,31)/t21-/m1/s1. The number of ether oxygens (including phenoxy) is 1. The van der Waals surface area contributed by atoms with Crippen molar-refractivity contribution < 1.29 is 14.3 Å². The van der Waals surface area contributed by atoms with Gasteiger partial charge in [-0.2, -0.15) is 0 Å². The minimum absolute atomic E-state index is 0.0779. The highest BCUT2D eigenvalue weighted by Crippen LogP contribution is 2.23. The number of aryl methyl sites for hydroxylation is 1. The predicted octanol–water partition coefficient (Wildman–Crippen LogP) is 2.04. The third kappa shape index (κ3) is 6.23. The van der Waals surface area contributed by atoms with E-state index >= 15 is 0 Å². The molecular formula is C25H38N4O3. The maximum absolute atomic E-state index is 13.0. The normalized spacial score (nSPS) is 23.4. The van der Waals surface area contributed by atoms with Crippen molar-refractivity contribution in [2.75, 3.05) is 63.9 Å². The number of hydrogen-bond acceptors (Lipinski definition) is 5. The van der Waals surface area contributed by atoms with Gasteiger partial charge in [0, 0.05) is 64.0 Å². The lowest BCUT2D eigenvalue weighted by Crippen LogP contribution is -2.50. The number of carbonyl (C=O) groups excluding carboxylic acids is 2. The van der Waals surface area contributed by atoms with Crippen LogP contribution < -0.4 is 10.2 Å². The number of rotatable bonds is 7. The zero-order chi connectivity index (χ0) is 22.3. The highest BCUT2D eigenvalue weighted by molar-refractivity contribution is 5.84. The van der Waals surface area contributed by atoms with E-state index in [1.165, 1.54) is 11.3 Å². The van der Waals surface area contributed by atoms with Crippen LogP contribution in [0.5, 0.6) is 0 Å². The van der Waals surface area contributed by atoms with Crippen molar-refractivity contribution in [1.82, 2.24) is 15.1 Å². The average Bonchev–Trinajstić information content (AvgIpc) is 2.81. The molecule has 0 saturated carbocycles. The molecule has 3 heterocycles. The molecule has 3 aliphatic rings. The third-order valence-electron chi connectivity index (χ3n) is 7.09. The summed E-state index contributed by atoms with van der Waals surface area (Å²) in [5.74, 6) is 0.248. The molecule has 0 spiro atoms. The van der Waals surface area contributed by atoms with Crippen LogP contribution in [-0.4, -0.2) is 86.7 Å². The summed E-state index contributed by atoms with van der Waals surface area (Å²) in [6.45, 7) is 9.90. The molecule has 3 aliphatic heterocycles. The lowest BCUT2D eigenvalue weighted by atomic mass is 9.95. The fraction of sp³-hybridized carbons (Fsp3) is 0.680. The van der Waals surface area contributed by atoms with Crippen molar-refractivity contribution in [1.29, 1.82) is 0 Å². The number of nitrogens with zero attached hydrogens (tertiary/aromatic N) is 3. The molecule has 0 aliphatic carbocycles. The molecule has 1 aromatic rings. The van der Waals surface area contributed by atoms with Crippen molar-refractivity contribution in [2.24, 2.45) is 5.92 Å². The highest BCUT2D eigenvalue weighted by atomic mass is 16.5. The average molecular weight is 443 g/mol. The minimum Gasteiger partial charge on any atom is -0.379 e. The van der Waals surface area contributed by atoms with E-state index in [2.05, 4.69) is 46.3 Å². The summed E-state index contributed by atoms with van der Waals surface area (Å²) in [6.07, 6.45) is 4.05. The van der Waals surface area contributed by atoms with Crippen molar-refractivity contribution in [3.63, 3.8) is 0 Å². The first-order chi connectivity index (χ1) is 15.6. The summed E-state index contributed by atoms with van der Waals surface area (Å²) >= 11 is 0. The largest absolute Gasteiger partial charge is 0.379 e. The van der Waals surface area contributed by atoms with E-state index in [4.69, 9.17) is 4.74 Å². The maximum atomic E-state index is 13.0. The Morgan fingerprint density at radius 2 is 1.88 bits per heavy atom. The Morgan fingerprint density at radius 3 is 2.62 bits per heavy atom. The van der Waals surface area contributed by atoms with Crippen LogP contribution in [0.1, 0.15) is 37.7 Å². The van der Waals surface area contributed by atoms with Crippen LogP contribution in [-0.2, 0) is 14.3 Å². The molecular weight excluding hydrogens is 404 g/mol. The molecule has 32 heavy (non-hydrogen) atoms. The van der Waals surface area contributed by atoms with Gasteiger partial charge in [-0.05, 0) is 50.3 Å². The van der Waals surface area contributed by atoms with Crippen LogP contribution in [0, 0.1) is 12.8 Å². The Labute approximate surface area is 192 Å². The van der Waals surface area contributed by atoms with Crippen LogP contribution >= 0.6 is 0 Å². The van der Waals surface area contributed by atoms with Gasteiger partial charge in [-0.15, -0.1) is 0 Å². The van der Waals surface area contributed by atoms with Crippen molar-refractivity contribution in [2.45, 2.75) is 45.1 Å². The fourth-order valence-electron chi connectivity index (χ4n) is 5.08. The summed E-state index contributed by atoms with van der Waals surface area (Å²) < 4.78 is 5.40. The molecule has 1 atom stereocenters. The number of amides is 2. The first-order valence-electron chi connectivity index (χ1n) is 12.3. The van der Waals surface area contributed by atoms with Crippen molar-refractivity contribution >= 4 is 17.5 Å². The molecule has 0 aromatic heterocycles. The fourth-order valence-corrected chi connectivity index (χ4v) is 5.08. The summed E-state index contributed by atoms with van der Waals surface area (Å²) in [7, 11) is 0. The molecule has 4 rings (SSSR count). The Morgan fingerprint density at radius 1 is 1.09 bits per heavy atom. The van der Waals surface area contributed by atoms with Crippen LogP contribution in [0.15, 0.2) is 24.3 Å². The molecule has 7 heteroatoms. The lowest BCUT2D eigenvalue weighted by molar-refractivity contribution is -0.138. The van der Waals surface area contributed by atoms with E-state index in [0.717, 1.165) is 71.7 Å². The van der Waals surface area contributed by atoms with Crippen molar-refractivity contribution in [3.8, 4) is 0 Å². The van der Waals surface area contributed by atoms with Gasteiger partial charge in [-0.1, -0.05) is 12.1 Å². The Hall–Kier alpha value is -2.12. The topological polar surface area (TPSA) is 65.1 Å². The SMILES string of the molecule is Cc1cccc(N2CCC(NC(=O)[C@@H]3CCC(=O)N(CCCN4CCOCC4)C3)CC2)c1. The molecule has 0 unspecified atom stereocenters. The van der Waals surface area contributed by atoms with Gasteiger partial charge >= 0.3 is 0 Å². The first kappa shape index (κ1) is 23.1. The molecule has 0 radical (unpaired) electrons. The Bertz CT molecular complexity index is 772. The Kier molecular flexibility index (Phi) is 8.03. The monoisotopic (exact) mass is 442 g/mol. The summed E-state index contributed by atoms with van der Waals surface area (Å²) in [5, 5.41) is 3.29. The smallest absolute Gasteiger partial charge is 0.225 e. The number of nitrogens with one attached hydrogen (secondary N) is 1. The summed E-state index contributed by atoms with van der Waals surface area (Å²) in [5.41, 5.74) is 2.55. The number of morpholine rings is 1. The highest BCUT2D eigenvalue weighted by Gasteiger charge is 2.31. The lowest BCUT2D eigenvalue weighted by Gasteiger charge is -2.36. The van der Waals surface area contributed by atoms with Crippen LogP contribution in [0.4, 0.5) is 5.69 Å². The summed E-state index contributed by atoms with van der Waals surface area (Å²) in [6, 6.07) is 8.85. The second-order valence-corrected chi connectivity index (χ2v) is 9.49. The van der Waals surface area contributed by atoms with E-state index in [0.29, 0.717) is 19.4 Å². The van der Waals surface area contributed by atoms with E-state index in [9.17, 15) is 9.59 Å². The van der Waals surface area contributed by atoms with E-state index in [-0.39, 0.29) is 23.8 Å². The number of likely N-dealkylation sites (tertiary alicyclic amines) is 1. The first-order valence-corrected chi connectivity index (χ1v) is 12.3. The van der Waals surface area contributed by atoms with E-state index < -0.39 is 0 Å². The van der Waals surface area contributed by atoms with Gasteiger partial charge in [0.1, 0.15) is 0 Å². The van der Waals surface area contributed by atoms with Gasteiger partial charge in [0.15, 0.2) is 0 Å². The van der Waals surface area contributed by atoms with E-state index in [1.807, 2.05) is 4.90 Å². The number of hydrogen-bond donors (Lipinski definition) is 1. The van der Waals surface area contributed by atoms with E-state index in [1.54, 1.807) is 0 Å². The zero-order valence-corrected chi connectivity index (χ0v) is 19.4. The molecule has 176 valence electrons. The zero-order valence-electron chi connectivity index (χ0n) is 19.4. The van der Waals surface area contributed by atoms with Gasteiger partial charge in [0.2, 0.25) is 11.8 Å². The minimum atomic E-state index is -0.0779. The second-order valence-electron chi connectivity index (χ2n) is 9.49. The number of piperidine rings is 2. The van der Waals surface area contributed by atoms with Crippen LogP contribution in [0.25, 0.3) is 0 Å². The van der Waals surface area contributed by atoms with Crippen molar-refractivity contribution in [3.05, 3.63) is 29.8 Å². The molecule has 7 nitrogen and oxygen atoms in total. The number of carbonyl (C=O) groups is 2. The maximum Gasteiger partial charge on any atom is 0.225 e. The molecule has 1 N–H and O–H groups in total. The Balaban J connectivity index is 1.19. The third-order valence-corrected chi connectivity index (χ3v) is 7.09. The molecule has 3 saturated heterocycles. The van der Waals surface area contributed by atoms with Crippen LogP contribution in [0.3, 0.4) is 0 Å². The molecule has 0 bridgehead atoms. The van der Waals surface area contributed by atoms with Gasteiger partial charge in [0.05, 0.1) is 19.1 Å². The predicted molar refractivity (Wildman–Crippen MR) is 126 cm³/mol. The summed E-state index contributed by atoms with van der Waals surface area (Å²) in [4.78, 5) is 32.0. The van der Waals surface area contributed by atoms with Gasteiger partial charge in [-0.25, -0.2) is 0 Å². The van der Waals surface area contributed by atoms with Gasteiger partial charge in [0.25, 0.3) is 0 Å². The molecule has 3 fully saturated rings. The van der Waals surface area contributed by atoms with Gasteiger partial charge in [-0.3, -0.25) is 14.5 Å². The number of anilines is 1. The number of benzene rings is 1. The van der Waals surface area contributed by atoms with Gasteiger partial charge < -0.3 is 19.9 Å². The molecule has 1 aromatic carbocycles. The van der Waals surface area contributed by atoms with Crippen LogP contribution in [0.2, 0.25) is 0 Å².